The van der Waals surface area contributed by atoms with Crippen LogP contribution in [0.2, 0.25) is 0 Å². The van der Waals surface area contributed by atoms with Crippen LogP contribution in [0.1, 0.15) is 5.56 Å². The maximum absolute atomic E-state index is 12.6. The molecule has 0 saturated heterocycles. The van der Waals surface area contributed by atoms with E-state index in [9.17, 15) is 26.7 Å². The second-order valence-corrected chi connectivity index (χ2v) is 4.20. The van der Waals surface area contributed by atoms with E-state index < -0.39 is 18.0 Å². The molecule has 0 atom stereocenters. The van der Waals surface area contributed by atoms with Gasteiger partial charge in [-0.3, -0.25) is 4.79 Å². The van der Waals surface area contributed by atoms with E-state index in [1.165, 1.54) is 11.5 Å². The van der Waals surface area contributed by atoms with Crippen molar-refractivity contribution in [2.24, 2.45) is 0 Å². The molecule has 0 radical (unpaired) electrons. The molecule has 1 aromatic heterocycles. The van der Waals surface area contributed by atoms with Crippen LogP contribution in [0.5, 0.6) is 0 Å². The Balaban J connectivity index is 2.91. The zero-order valence-corrected chi connectivity index (χ0v) is 10.4. The SMILES string of the molecule is Cc1cc(NC(=O)C(F)(F)C(F)(F)F)ncc1Br. The Labute approximate surface area is 107 Å². The highest BCUT2D eigenvalue weighted by molar-refractivity contribution is 9.10. The largest absolute Gasteiger partial charge is 0.463 e. The van der Waals surface area contributed by atoms with E-state index >= 15 is 0 Å². The van der Waals surface area contributed by atoms with E-state index in [-0.39, 0.29) is 5.82 Å². The van der Waals surface area contributed by atoms with Gasteiger partial charge in [-0.05, 0) is 34.5 Å². The third-order valence-electron chi connectivity index (χ3n) is 1.93. The van der Waals surface area contributed by atoms with Gasteiger partial charge in [0.15, 0.2) is 0 Å². The number of amides is 1. The summed E-state index contributed by atoms with van der Waals surface area (Å²) in [6, 6.07) is 1.16. The van der Waals surface area contributed by atoms with Crippen LogP contribution in [0.4, 0.5) is 27.8 Å². The number of nitrogens with zero attached hydrogens (tertiary/aromatic N) is 1. The highest BCUT2D eigenvalue weighted by atomic mass is 79.9. The molecular formula is C9H6BrF5N2O. The van der Waals surface area contributed by atoms with Crippen molar-refractivity contribution in [1.82, 2.24) is 4.98 Å². The van der Waals surface area contributed by atoms with E-state index in [1.807, 2.05) is 0 Å². The maximum atomic E-state index is 12.6. The molecule has 0 aromatic carbocycles. The van der Waals surface area contributed by atoms with Gasteiger partial charge < -0.3 is 5.32 Å². The highest BCUT2D eigenvalue weighted by Crippen LogP contribution is 2.36. The van der Waals surface area contributed by atoms with E-state index in [0.717, 1.165) is 6.07 Å². The Kier molecular flexibility index (Phi) is 3.94. The van der Waals surface area contributed by atoms with Crippen LogP contribution < -0.4 is 5.32 Å². The molecule has 0 spiro atoms. The first-order valence-electron chi connectivity index (χ1n) is 4.44. The molecule has 3 nitrogen and oxygen atoms in total. The number of nitrogens with one attached hydrogen (secondary N) is 1. The number of carbonyl (C=O) groups is 1. The van der Waals surface area contributed by atoms with Crippen LogP contribution in [0, 0.1) is 6.92 Å². The molecule has 0 fully saturated rings. The predicted molar refractivity (Wildman–Crippen MR) is 56.3 cm³/mol. The fraction of sp³-hybridized carbons (Fsp3) is 0.333. The van der Waals surface area contributed by atoms with E-state index in [1.54, 1.807) is 6.92 Å². The van der Waals surface area contributed by atoms with Crippen molar-refractivity contribution in [3.63, 3.8) is 0 Å². The molecule has 1 heterocycles. The molecule has 9 heteroatoms. The van der Waals surface area contributed by atoms with Crippen molar-refractivity contribution in [2.75, 3.05) is 5.32 Å². The van der Waals surface area contributed by atoms with Gasteiger partial charge in [-0.2, -0.15) is 22.0 Å². The lowest BCUT2D eigenvalue weighted by molar-refractivity contribution is -0.267. The molecule has 0 bridgehead atoms. The molecule has 0 aliphatic heterocycles. The Morgan fingerprint density at radius 3 is 2.33 bits per heavy atom. The Morgan fingerprint density at radius 1 is 1.33 bits per heavy atom. The minimum Gasteiger partial charge on any atom is -0.305 e. The zero-order chi connectivity index (χ0) is 14.1. The smallest absolute Gasteiger partial charge is 0.305 e. The summed E-state index contributed by atoms with van der Waals surface area (Å²) in [4.78, 5) is 14.3. The van der Waals surface area contributed by atoms with Gasteiger partial charge in [0.05, 0.1) is 0 Å². The van der Waals surface area contributed by atoms with Crippen LogP contribution >= 0.6 is 15.9 Å². The molecule has 0 saturated carbocycles. The third-order valence-corrected chi connectivity index (χ3v) is 2.76. The second kappa shape index (κ2) is 4.79. The summed E-state index contributed by atoms with van der Waals surface area (Å²) < 4.78 is 61.4. The van der Waals surface area contributed by atoms with Gasteiger partial charge in [-0.25, -0.2) is 4.98 Å². The van der Waals surface area contributed by atoms with Gasteiger partial charge in [0, 0.05) is 10.7 Å². The lowest BCUT2D eigenvalue weighted by Gasteiger charge is -2.18. The third kappa shape index (κ3) is 2.95. The highest BCUT2D eigenvalue weighted by Gasteiger charge is 2.63. The van der Waals surface area contributed by atoms with Crippen LogP contribution in [-0.4, -0.2) is 23.0 Å². The van der Waals surface area contributed by atoms with Crippen LogP contribution in [0.25, 0.3) is 0 Å². The average molecular weight is 333 g/mol. The second-order valence-electron chi connectivity index (χ2n) is 3.35. The topological polar surface area (TPSA) is 42.0 Å². The number of aromatic nitrogens is 1. The molecule has 1 amide bonds. The number of anilines is 1. The summed E-state index contributed by atoms with van der Waals surface area (Å²) in [5, 5.41) is 1.42. The van der Waals surface area contributed by atoms with Crippen molar-refractivity contribution >= 4 is 27.7 Å². The van der Waals surface area contributed by atoms with E-state index in [0.29, 0.717) is 10.0 Å². The fourth-order valence-electron chi connectivity index (χ4n) is 0.931. The molecule has 1 N–H and O–H groups in total. The van der Waals surface area contributed by atoms with Crippen molar-refractivity contribution in [3.8, 4) is 0 Å². The summed E-state index contributed by atoms with van der Waals surface area (Å²) in [6.07, 6.45) is -4.77. The average Bonchev–Trinajstić information content (AvgIpc) is 2.21. The normalized spacial score (nSPS) is 12.4. The van der Waals surface area contributed by atoms with E-state index in [2.05, 4.69) is 20.9 Å². The van der Waals surface area contributed by atoms with Crippen molar-refractivity contribution in [3.05, 3.63) is 22.3 Å². The van der Waals surface area contributed by atoms with Crippen LogP contribution in [0.3, 0.4) is 0 Å². The first kappa shape index (κ1) is 14.8. The van der Waals surface area contributed by atoms with Gasteiger partial charge in [-0.1, -0.05) is 0 Å². The lowest BCUT2D eigenvalue weighted by Crippen LogP contribution is -2.47. The molecule has 100 valence electrons. The first-order valence-corrected chi connectivity index (χ1v) is 5.23. The molecule has 1 aromatic rings. The van der Waals surface area contributed by atoms with Crippen LogP contribution in [-0.2, 0) is 4.79 Å². The van der Waals surface area contributed by atoms with Gasteiger partial charge in [-0.15, -0.1) is 0 Å². The van der Waals surface area contributed by atoms with Crippen molar-refractivity contribution in [1.29, 1.82) is 0 Å². The van der Waals surface area contributed by atoms with Crippen molar-refractivity contribution in [2.45, 2.75) is 19.0 Å². The number of rotatable bonds is 2. The number of hydrogen-bond donors (Lipinski definition) is 1. The monoisotopic (exact) mass is 332 g/mol. The maximum Gasteiger partial charge on any atom is 0.463 e. The summed E-state index contributed by atoms with van der Waals surface area (Å²) in [5.41, 5.74) is 0.524. The predicted octanol–water partition coefficient (Wildman–Crippen LogP) is 3.29. The van der Waals surface area contributed by atoms with Crippen molar-refractivity contribution < 1.29 is 26.7 Å². The minimum absolute atomic E-state index is 0.385. The number of halogens is 6. The Bertz CT molecular complexity index is 475. The molecular weight excluding hydrogens is 327 g/mol. The Morgan fingerprint density at radius 2 is 1.89 bits per heavy atom. The molecule has 0 aliphatic carbocycles. The lowest BCUT2D eigenvalue weighted by atomic mass is 10.2. The number of aryl methyl sites for hydroxylation is 1. The summed E-state index contributed by atoms with van der Waals surface area (Å²) in [6.45, 7) is 1.56. The minimum atomic E-state index is -5.94. The van der Waals surface area contributed by atoms with Gasteiger partial charge in [0.2, 0.25) is 0 Å². The summed E-state index contributed by atoms with van der Waals surface area (Å²) >= 11 is 3.06. The molecule has 0 unspecified atom stereocenters. The number of carbonyl (C=O) groups excluding carboxylic acids is 1. The van der Waals surface area contributed by atoms with Gasteiger partial charge in [0.25, 0.3) is 0 Å². The standard InChI is InChI=1S/C9H6BrF5N2O/c1-4-2-6(16-3-5(4)10)17-7(18)8(11,12)9(13,14)15/h2-3H,1H3,(H,16,17,18). The Hall–Kier alpha value is -1.25. The molecule has 0 aliphatic rings. The van der Waals surface area contributed by atoms with Gasteiger partial charge in [0.1, 0.15) is 5.82 Å². The molecule has 18 heavy (non-hydrogen) atoms. The number of alkyl halides is 5. The molecule has 1 rings (SSSR count). The van der Waals surface area contributed by atoms with Gasteiger partial charge >= 0.3 is 18.0 Å². The number of pyridine rings is 1. The first-order chi connectivity index (χ1) is 8.05. The van der Waals surface area contributed by atoms with E-state index in [4.69, 9.17) is 0 Å². The number of hydrogen-bond acceptors (Lipinski definition) is 2. The summed E-state index contributed by atoms with van der Waals surface area (Å²) in [5.74, 6) is -8.32. The fourth-order valence-corrected chi connectivity index (χ4v) is 1.15. The quantitative estimate of drug-likeness (QED) is 0.844. The summed E-state index contributed by atoms with van der Waals surface area (Å²) in [7, 11) is 0. The zero-order valence-electron chi connectivity index (χ0n) is 8.78. The van der Waals surface area contributed by atoms with Crippen LogP contribution in [0.15, 0.2) is 16.7 Å².